The fourth-order valence-corrected chi connectivity index (χ4v) is 3.54. The largest absolute Gasteiger partial charge is 0.497 e. The summed E-state index contributed by atoms with van der Waals surface area (Å²) in [7, 11) is 1.53. The van der Waals surface area contributed by atoms with E-state index in [0.29, 0.717) is 17.0 Å². The molecule has 0 saturated carbocycles. The first kappa shape index (κ1) is 26.5. The number of ether oxygens (including phenoxy) is 3. The maximum Gasteiger partial charge on any atom is 0.492 e. The van der Waals surface area contributed by atoms with Crippen LogP contribution in [0.5, 0.6) is 11.5 Å². The quantitative estimate of drug-likeness (QED) is 0.155. The summed E-state index contributed by atoms with van der Waals surface area (Å²) in [5.41, 5.74) is 1.25. The molecule has 0 aliphatic rings. The molecule has 5 nitrogen and oxygen atoms in total. The van der Waals surface area contributed by atoms with E-state index in [4.69, 9.17) is 14.2 Å². The van der Waals surface area contributed by atoms with Gasteiger partial charge >= 0.3 is 7.12 Å². The Labute approximate surface area is 183 Å². The molecule has 0 unspecified atom stereocenters. The van der Waals surface area contributed by atoms with Crippen molar-refractivity contribution < 1.29 is 24.3 Å². The van der Waals surface area contributed by atoms with Gasteiger partial charge in [0.25, 0.3) is 0 Å². The Morgan fingerprint density at radius 1 is 0.867 bits per heavy atom. The zero-order valence-corrected chi connectivity index (χ0v) is 19.2. The molecule has 0 atom stereocenters. The molecule has 0 aromatic heterocycles. The number of hydrogen-bond donors (Lipinski definition) is 2. The first-order valence-electron chi connectivity index (χ1n) is 11.5. The van der Waals surface area contributed by atoms with Crippen LogP contribution in [0.15, 0.2) is 24.3 Å². The van der Waals surface area contributed by atoms with Crippen molar-refractivity contribution in [3.63, 3.8) is 0 Å². The number of benzene rings is 1. The fourth-order valence-electron chi connectivity index (χ4n) is 3.54. The van der Waals surface area contributed by atoms with Crippen molar-refractivity contribution in [1.29, 1.82) is 0 Å². The number of hydrogen-bond acceptors (Lipinski definition) is 5. The van der Waals surface area contributed by atoms with Crippen molar-refractivity contribution in [1.82, 2.24) is 0 Å². The average Bonchev–Trinajstić information content (AvgIpc) is 2.74. The SMILES string of the molecule is CCCC/C=C/CCCCCCCCCc1cc(OC)cc(OCOC)c1B(O)O. The molecular formula is C24H41BO5. The van der Waals surface area contributed by atoms with Gasteiger partial charge in [0.05, 0.1) is 7.11 Å². The van der Waals surface area contributed by atoms with Crippen LogP contribution in [0.4, 0.5) is 0 Å². The third-order valence-corrected chi connectivity index (χ3v) is 5.24. The highest BCUT2D eigenvalue weighted by Gasteiger charge is 2.23. The van der Waals surface area contributed by atoms with E-state index >= 15 is 0 Å². The molecule has 1 aromatic carbocycles. The average molecular weight is 420 g/mol. The molecule has 0 radical (unpaired) electrons. The number of rotatable bonds is 18. The van der Waals surface area contributed by atoms with Gasteiger partial charge in [-0.3, -0.25) is 0 Å². The molecular weight excluding hydrogens is 379 g/mol. The predicted octanol–water partition coefficient (Wildman–Crippen LogP) is 4.77. The van der Waals surface area contributed by atoms with Crippen molar-refractivity contribution in [2.75, 3.05) is 21.0 Å². The molecule has 30 heavy (non-hydrogen) atoms. The van der Waals surface area contributed by atoms with Gasteiger partial charge in [-0.25, -0.2) is 0 Å². The standard InChI is InChI=1S/C24H41BO5/c1-4-5-6-7-8-9-10-11-12-13-14-15-16-17-21-18-22(29-3)19-23(30-20-28-2)24(21)25(26)27/h7-8,18-19,26-27H,4-6,9-17,20H2,1-3H3/b8-7+. The van der Waals surface area contributed by atoms with E-state index in [2.05, 4.69) is 19.1 Å². The molecule has 0 aliphatic heterocycles. The Bertz CT molecular complexity index is 589. The van der Waals surface area contributed by atoms with Gasteiger partial charge in [0.2, 0.25) is 0 Å². The molecule has 0 saturated heterocycles. The summed E-state index contributed by atoms with van der Waals surface area (Å²) in [4.78, 5) is 0. The van der Waals surface area contributed by atoms with E-state index in [1.54, 1.807) is 13.2 Å². The Balaban J connectivity index is 2.34. The number of aryl methyl sites for hydroxylation is 1. The highest BCUT2D eigenvalue weighted by molar-refractivity contribution is 6.60. The maximum atomic E-state index is 9.84. The summed E-state index contributed by atoms with van der Waals surface area (Å²) in [6.45, 7) is 2.27. The van der Waals surface area contributed by atoms with Gasteiger partial charge in [-0.2, -0.15) is 0 Å². The first-order valence-corrected chi connectivity index (χ1v) is 11.5. The van der Waals surface area contributed by atoms with E-state index in [1.165, 1.54) is 64.9 Å². The summed E-state index contributed by atoms with van der Waals surface area (Å²) in [6, 6.07) is 3.53. The van der Waals surface area contributed by atoms with Crippen LogP contribution in [-0.2, 0) is 11.2 Å². The minimum Gasteiger partial charge on any atom is -0.497 e. The van der Waals surface area contributed by atoms with Crippen LogP contribution in [0.1, 0.15) is 83.1 Å². The van der Waals surface area contributed by atoms with Crippen molar-refractivity contribution in [2.45, 2.75) is 84.0 Å². The molecule has 0 bridgehead atoms. The zero-order chi connectivity index (χ0) is 22.0. The summed E-state index contributed by atoms with van der Waals surface area (Å²) in [6.07, 6.45) is 18.9. The van der Waals surface area contributed by atoms with E-state index in [0.717, 1.165) is 24.8 Å². The fraction of sp³-hybridized carbons (Fsp3) is 0.667. The monoisotopic (exact) mass is 420 g/mol. The summed E-state index contributed by atoms with van der Waals surface area (Å²) < 4.78 is 15.8. The third kappa shape index (κ3) is 11.0. The van der Waals surface area contributed by atoms with Crippen molar-refractivity contribution in [2.24, 2.45) is 0 Å². The van der Waals surface area contributed by atoms with Crippen LogP contribution in [0.25, 0.3) is 0 Å². The van der Waals surface area contributed by atoms with Gasteiger partial charge in [0, 0.05) is 18.6 Å². The maximum absolute atomic E-state index is 9.84. The van der Waals surface area contributed by atoms with Crippen molar-refractivity contribution in [3.05, 3.63) is 29.8 Å². The number of methoxy groups -OCH3 is 2. The zero-order valence-electron chi connectivity index (χ0n) is 19.2. The Morgan fingerprint density at radius 3 is 2.10 bits per heavy atom. The van der Waals surface area contributed by atoms with Gasteiger partial charge in [0.15, 0.2) is 6.79 Å². The molecule has 1 rings (SSSR count). The lowest BCUT2D eigenvalue weighted by Gasteiger charge is -2.17. The highest BCUT2D eigenvalue weighted by Crippen LogP contribution is 2.23. The Morgan fingerprint density at radius 2 is 1.50 bits per heavy atom. The Hall–Kier alpha value is -1.50. The van der Waals surface area contributed by atoms with Crippen LogP contribution >= 0.6 is 0 Å². The van der Waals surface area contributed by atoms with Gasteiger partial charge in [-0.1, -0.05) is 64.0 Å². The molecule has 0 amide bonds. The first-order chi connectivity index (χ1) is 14.6. The van der Waals surface area contributed by atoms with Crippen molar-refractivity contribution >= 4 is 12.6 Å². The van der Waals surface area contributed by atoms with Crippen LogP contribution in [0.2, 0.25) is 0 Å². The van der Waals surface area contributed by atoms with Crippen LogP contribution in [-0.4, -0.2) is 38.2 Å². The van der Waals surface area contributed by atoms with E-state index in [1.807, 2.05) is 6.07 Å². The minimum atomic E-state index is -1.59. The number of unbranched alkanes of at least 4 members (excludes halogenated alkanes) is 9. The molecule has 0 fully saturated rings. The van der Waals surface area contributed by atoms with E-state index < -0.39 is 7.12 Å². The summed E-state index contributed by atoms with van der Waals surface area (Å²) in [5, 5.41) is 19.7. The number of allylic oxidation sites excluding steroid dienone is 2. The molecule has 0 aliphatic carbocycles. The minimum absolute atomic E-state index is 0.0425. The lowest BCUT2D eigenvalue weighted by Crippen LogP contribution is -2.35. The Kier molecular flexibility index (Phi) is 15.2. The van der Waals surface area contributed by atoms with Gasteiger partial charge in [-0.15, -0.1) is 0 Å². The lowest BCUT2D eigenvalue weighted by molar-refractivity contribution is 0.0515. The second-order valence-electron chi connectivity index (χ2n) is 7.75. The topological polar surface area (TPSA) is 68.2 Å². The van der Waals surface area contributed by atoms with E-state index in [9.17, 15) is 10.0 Å². The lowest BCUT2D eigenvalue weighted by atomic mass is 9.75. The van der Waals surface area contributed by atoms with Crippen LogP contribution < -0.4 is 14.9 Å². The summed E-state index contributed by atoms with van der Waals surface area (Å²) in [5.74, 6) is 1.04. The molecule has 1 aromatic rings. The summed E-state index contributed by atoms with van der Waals surface area (Å²) >= 11 is 0. The highest BCUT2D eigenvalue weighted by atomic mass is 16.7. The third-order valence-electron chi connectivity index (χ3n) is 5.24. The van der Waals surface area contributed by atoms with E-state index in [-0.39, 0.29) is 6.79 Å². The second kappa shape index (κ2) is 17.2. The van der Waals surface area contributed by atoms with Crippen LogP contribution in [0, 0.1) is 0 Å². The normalized spacial score (nSPS) is 11.2. The molecule has 2 N–H and O–H groups in total. The van der Waals surface area contributed by atoms with Gasteiger partial charge in [-0.05, 0) is 43.7 Å². The van der Waals surface area contributed by atoms with Gasteiger partial charge in [0.1, 0.15) is 11.5 Å². The van der Waals surface area contributed by atoms with Crippen molar-refractivity contribution in [3.8, 4) is 11.5 Å². The molecule has 170 valence electrons. The molecule has 6 heteroatoms. The molecule has 0 spiro atoms. The predicted molar refractivity (Wildman–Crippen MR) is 125 cm³/mol. The van der Waals surface area contributed by atoms with Gasteiger partial charge < -0.3 is 24.3 Å². The smallest absolute Gasteiger partial charge is 0.492 e. The second-order valence-corrected chi connectivity index (χ2v) is 7.75. The van der Waals surface area contributed by atoms with Crippen LogP contribution in [0.3, 0.4) is 0 Å². The molecule has 0 heterocycles.